The van der Waals surface area contributed by atoms with Crippen LogP contribution in [-0.2, 0) is 10.0 Å². The van der Waals surface area contributed by atoms with E-state index in [1.807, 2.05) is 0 Å². The Morgan fingerprint density at radius 3 is 2.38 bits per heavy atom. The first-order valence-electron chi connectivity index (χ1n) is 5.17. The van der Waals surface area contributed by atoms with Crippen molar-refractivity contribution in [2.45, 2.75) is 11.1 Å². The van der Waals surface area contributed by atoms with Crippen molar-refractivity contribution in [2.75, 3.05) is 13.6 Å². The number of nitrogens with zero attached hydrogens (tertiary/aromatic N) is 1. The predicted molar refractivity (Wildman–Crippen MR) is 73.5 cm³/mol. The van der Waals surface area contributed by atoms with Crippen LogP contribution in [0.3, 0.4) is 0 Å². The minimum absolute atomic E-state index is 0.139. The van der Waals surface area contributed by atoms with Gasteiger partial charge < -0.3 is 4.90 Å². The second-order valence-corrected chi connectivity index (χ2v) is 6.91. The number of carbonyl (C=O) groups is 1. The van der Waals surface area contributed by atoms with Gasteiger partial charge in [0.2, 0.25) is 10.0 Å². The molecule has 0 unspecified atom stereocenters. The Labute approximate surface area is 132 Å². The molecule has 0 fully saturated rings. The molecule has 11 heteroatoms. The number of rotatable bonds is 3. The normalized spacial score (nSPS) is 12.3. The van der Waals surface area contributed by atoms with Crippen LogP contribution in [0.5, 0.6) is 0 Å². The molecule has 21 heavy (non-hydrogen) atoms. The molecule has 0 saturated heterocycles. The van der Waals surface area contributed by atoms with Crippen LogP contribution in [0.4, 0.5) is 13.2 Å². The molecule has 0 heterocycles. The van der Waals surface area contributed by atoms with E-state index in [4.69, 9.17) is 16.7 Å². The van der Waals surface area contributed by atoms with Crippen LogP contribution < -0.4 is 5.14 Å². The van der Waals surface area contributed by atoms with Crippen LogP contribution in [0.15, 0.2) is 21.5 Å². The second-order valence-electron chi connectivity index (χ2n) is 4.09. The second kappa shape index (κ2) is 6.11. The molecule has 2 N–H and O–H groups in total. The first-order chi connectivity index (χ1) is 9.33. The largest absolute Gasteiger partial charge is 0.406 e. The summed E-state index contributed by atoms with van der Waals surface area (Å²) in [6.07, 6.45) is -4.59. The highest BCUT2D eigenvalue weighted by molar-refractivity contribution is 9.10. The first-order valence-corrected chi connectivity index (χ1v) is 7.88. The van der Waals surface area contributed by atoms with Gasteiger partial charge in [-0.05, 0) is 12.1 Å². The van der Waals surface area contributed by atoms with Gasteiger partial charge in [-0.1, -0.05) is 27.5 Å². The summed E-state index contributed by atoms with van der Waals surface area (Å²) in [7, 11) is -3.31. The van der Waals surface area contributed by atoms with Crippen molar-refractivity contribution >= 4 is 43.5 Å². The van der Waals surface area contributed by atoms with Crippen molar-refractivity contribution in [1.29, 1.82) is 0 Å². The van der Waals surface area contributed by atoms with E-state index in [1.165, 1.54) is 0 Å². The Bertz CT molecular complexity index is 679. The van der Waals surface area contributed by atoms with Crippen LogP contribution in [0, 0.1) is 0 Å². The Morgan fingerprint density at radius 1 is 1.43 bits per heavy atom. The van der Waals surface area contributed by atoms with E-state index in [9.17, 15) is 26.4 Å². The highest BCUT2D eigenvalue weighted by Crippen LogP contribution is 2.30. The highest BCUT2D eigenvalue weighted by atomic mass is 79.9. The Hall–Kier alpha value is -0.840. The van der Waals surface area contributed by atoms with Crippen molar-refractivity contribution in [2.24, 2.45) is 5.14 Å². The standard InChI is InChI=1S/C10H9BrClF3N2O3S/c1-17(4-10(13,14)15)9(18)6-2-5(11)3-7(8(6)12)21(16,19)20/h2-3H,4H2,1H3,(H2,16,19,20). The van der Waals surface area contributed by atoms with Crippen molar-refractivity contribution in [3.05, 3.63) is 27.2 Å². The molecule has 0 radical (unpaired) electrons. The molecule has 1 amide bonds. The maximum Gasteiger partial charge on any atom is 0.406 e. The van der Waals surface area contributed by atoms with Crippen LogP contribution in [-0.4, -0.2) is 39.0 Å². The zero-order valence-corrected chi connectivity index (χ0v) is 13.6. The van der Waals surface area contributed by atoms with Crippen molar-refractivity contribution < 1.29 is 26.4 Å². The molecule has 0 aliphatic rings. The fraction of sp³-hybridized carbons (Fsp3) is 0.300. The zero-order valence-electron chi connectivity index (χ0n) is 10.4. The molecule has 0 aromatic heterocycles. The highest BCUT2D eigenvalue weighted by Gasteiger charge is 2.32. The number of benzene rings is 1. The van der Waals surface area contributed by atoms with Gasteiger partial charge in [0.05, 0.1) is 10.6 Å². The van der Waals surface area contributed by atoms with Gasteiger partial charge in [-0.15, -0.1) is 0 Å². The van der Waals surface area contributed by atoms with E-state index in [-0.39, 0.29) is 4.47 Å². The maximum absolute atomic E-state index is 12.3. The zero-order chi connectivity index (χ0) is 16.6. The smallest absolute Gasteiger partial charge is 0.333 e. The third-order valence-corrected chi connectivity index (χ3v) is 4.22. The summed E-state index contributed by atoms with van der Waals surface area (Å²) < 4.78 is 59.7. The van der Waals surface area contributed by atoms with Gasteiger partial charge in [0.15, 0.2) is 0 Å². The fourth-order valence-corrected chi connectivity index (χ4v) is 3.25. The van der Waals surface area contributed by atoms with Crippen molar-refractivity contribution in [3.8, 4) is 0 Å². The Kier molecular flexibility index (Phi) is 5.30. The summed E-state index contributed by atoms with van der Waals surface area (Å²) >= 11 is 8.71. The van der Waals surface area contributed by atoms with E-state index in [0.717, 1.165) is 19.2 Å². The molecule has 1 rings (SSSR count). The number of amides is 1. The monoisotopic (exact) mass is 408 g/mol. The van der Waals surface area contributed by atoms with E-state index in [2.05, 4.69) is 15.9 Å². The maximum atomic E-state index is 12.3. The van der Waals surface area contributed by atoms with Gasteiger partial charge in [0.1, 0.15) is 11.4 Å². The number of alkyl halides is 3. The summed E-state index contributed by atoms with van der Waals surface area (Å²) in [5, 5.41) is 4.41. The summed E-state index contributed by atoms with van der Waals surface area (Å²) in [6.45, 7) is -1.50. The third-order valence-electron chi connectivity index (χ3n) is 2.30. The molecule has 1 aromatic rings. The molecule has 118 valence electrons. The molecular formula is C10H9BrClF3N2O3S. The number of nitrogens with two attached hydrogens (primary N) is 1. The predicted octanol–water partition coefficient (Wildman–Crippen LogP) is 2.38. The molecule has 0 saturated carbocycles. The minimum Gasteiger partial charge on any atom is -0.333 e. The fourth-order valence-electron chi connectivity index (χ4n) is 1.47. The van der Waals surface area contributed by atoms with Gasteiger partial charge in [-0.25, -0.2) is 13.6 Å². The molecular weight excluding hydrogens is 401 g/mol. The Balaban J connectivity index is 3.32. The van der Waals surface area contributed by atoms with Crippen LogP contribution in [0.1, 0.15) is 10.4 Å². The topological polar surface area (TPSA) is 80.5 Å². The van der Waals surface area contributed by atoms with Crippen molar-refractivity contribution in [3.63, 3.8) is 0 Å². The summed E-state index contributed by atoms with van der Waals surface area (Å²) in [5.74, 6) is -1.08. The van der Waals surface area contributed by atoms with Gasteiger partial charge in [-0.3, -0.25) is 4.79 Å². The Morgan fingerprint density at radius 2 is 1.95 bits per heavy atom. The molecule has 0 aliphatic carbocycles. The molecule has 0 spiro atoms. The van der Waals surface area contributed by atoms with E-state index >= 15 is 0 Å². The number of primary sulfonamides is 1. The van der Waals surface area contributed by atoms with Gasteiger partial charge >= 0.3 is 6.18 Å². The lowest BCUT2D eigenvalue weighted by molar-refractivity contribution is -0.138. The molecule has 1 aromatic carbocycles. The number of halogens is 5. The lowest BCUT2D eigenvalue weighted by Gasteiger charge is -2.20. The minimum atomic E-state index is -4.59. The number of carbonyl (C=O) groups excluding carboxylic acids is 1. The molecule has 0 bridgehead atoms. The lowest BCUT2D eigenvalue weighted by Crippen LogP contribution is -2.36. The van der Waals surface area contributed by atoms with Gasteiger partial charge in [0, 0.05) is 11.5 Å². The summed E-state index contributed by atoms with van der Waals surface area (Å²) in [5.41, 5.74) is -0.401. The van der Waals surface area contributed by atoms with Gasteiger partial charge in [-0.2, -0.15) is 13.2 Å². The van der Waals surface area contributed by atoms with E-state index in [0.29, 0.717) is 4.90 Å². The first kappa shape index (κ1) is 18.2. The van der Waals surface area contributed by atoms with E-state index in [1.54, 1.807) is 0 Å². The average molecular weight is 410 g/mol. The molecule has 0 atom stereocenters. The molecule has 5 nitrogen and oxygen atoms in total. The average Bonchev–Trinajstić information content (AvgIpc) is 2.27. The quantitative estimate of drug-likeness (QED) is 0.832. The number of hydrogen-bond acceptors (Lipinski definition) is 3. The van der Waals surface area contributed by atoms with Crippen molar-refractivity contribution in [1.82, 2.24) is 4.90 Å². The van der Waals surface area contributed by atoms with E-state index < -0.39 is 44.1 Å². The summed E-state index contributed by atoms with van der Waals surface area (Å²) in [6, 6.07) is 2.17. The summed E-state index contributed by atoms with van der Waals surface area (Å²) in [4.78, 5) is 11.8. The number of sulfonamides is 1. The molecule has 0 aliphatic heterocycles. The number of hydrogen-bond donors (Lipinski definition) is 1. The van der Waals surface area contributed by atoms with Gasteiger partial charge in [0.25, 0.3) is 5.91 Å². The van der Waals surface area contributed by atoms with Crippen LogP contribution in [0.2, 0.25) is 5.02 Å². The van der Waals surface area contributed by atoms with Crippen LogP contribution in [0.25, 0.3) is 0 Å². The van der Waals surface area contributed by atoms with Crippen LogP contribution >= 0.6 is 27.5 Å². The SMILES string of the molecule is CN(CC(F)(F)F)C(=O)c1cc(Br)cc(S(N)(=O)=O)c1Cl. The lowest BCUT2D eigenvalue weighted by atomic mass is 10.2. The third kappa shape index (κ3) is 4.83.